The Balaban J connectivity index is 1.48. The number of carbonyl (C=O) groups excluding carboxylic acids is 1. The third-order valence-corrected chi connectivity index (χ3v) is 4.64. The van der Waals surface area contributed by atoms with Crippen LogP contribution in [0.2, 0.25) is 0 Å². The molecule has 0 bridgehead atoms. The van der Waals surface area contributed by atoms with Gasteiger partial charge in [0, 0.05) is 38.4 Å². The first-order chi connectivity index (χ1) is 11.3. The van der Waals surface area contributed by atoms with E-state index < -0.39 is 0 Å². The molecule has 0 atom stereocenters. The first-order valence-electron chi connectivity index (χ1n) is 8.77. The van der Waals surface area contributed by atoms with Crippen LogP contribution >= 0.6 is 0 Å². The van der Waals surface area contributed by atoms with Gasteiger partial charge in [-0.05, 0) is 37.9 Å². The zero-order valence-electron chi connectivity index (χ0n) is 13.8. The lowest BCUT2D eigenvalue weighted by Crippen LogP contribution is -2.38. The number of nitrogens with one attached hydrogen (secondary N) is 1. The van der Waals surface area contributed by atoms with Crippen LogP contribution in [0.5, 0.6) is 0 Å². The number of hydrogen-bond donors (Lipinski definition) is 1. The van der Waals surface area contributed by atoms with E-state index in [9.17, 15) is 4.79 Å². The molecular weight excluding hydrogens is 290 g/mol. The molecule has 1 aromatic carbocycles. The summed E-state index contributed by atoms with van der Waals surface area (Å²) >= 11 is 0. The molecule has 0 aliphatic carbocycles. The molecule has 2 aliphatic rings. The van der Waals surface area contributed by atoms with Crippen LogP contribution in [-0.2, 0) is 4.74 Å². The van der Waals surface area contributed by atoms with Crippen molar-refractivity contribution >= 4 is 11.6 Å². The molecule has 1 amide bonds. The van der Waals surface area contributed by atoms with Crippen LogP contribution in [0, 0.1) is 0 Å². The summed E-state index contributed by atoms with van der Waals surface area (Å²) in [6.45, 7) is 7.53. The minimum absolute atomic E-state index is 0.0504. The summed E-state index contributed by atoms with van der Waals surface area (Å²) in [5.41, 5.74) is 1.89. The lowest BCUT2D eigenvalue weighted by Gasteiger charge is -2.26. The molecule has 0 unspecified atom stereocenters. The summed E-state index contributed by atoms with van der Waals surface area (Å²) < 4.78 is 5.35. The van der Waals surface area contributed by atoms with E-state index in [1.54, 1.807) is 0 Å². The Morgan fingerprint density at radius 2 is 1.83 bits per heavy atom. The van der Waals surface area contributed by atoms with Crippen molar-refractivity contribution in [2.45, 2.75) is 19.3 Å². The quantitative estimate of drug-likeness (QED) is 0.812. The summed E-state index contributed by atoms with van der Waals surface area (Å²) in [7, 11) is 0. The maximum absolute atomic E-state index is 12.5. The predicted molar refractivity (Wildman–Crippen MR) is 92.1 cm³/mol. The Morgan fingerprint density at radius 3 is 2.61 bits per heavy atom. The molecule has 5 heteroatoms. The van der Waals surface area contributed by atoms with Crippen LogP contribution in [0.15, 0.2) is 24.3 Å². The van der Waals surface area contributed by atoms with Gasteiger partial charge in [0.05, 0.1) is 18.8 Å². The molecule has 1 aromatic rings. The molecule has 5 nitrogen and oxygen atoms in total. The topological polar surface area (TPSA) is 44.8 Å². The summed E-state index contributed by atoms with van der Waals surface area (Å²) in [6.07, 6.45) is 3.42. The molecule has 2 saturated heterocycles. The number of para-hydroxylation sites is 1. The highest BCUT2D eigenvalue weighted by molar-refractivity contribution is 5.99. The van der Waals surface area contributed by atoms with E-state index in [2.05, 4.69) is 21.2 Å². The monoisotopic (exact) mass is 317 g/mol. The Labute approximate surface area is 138 Å². The molecule has 2 fully saturated rings. The van der Waals surface area contributed by atoms with E-state index in [1.807, 2.05) is 18.2 Å². The smallest absolute Gasteiger partial charge is 0.253 e. The number of amides is 1. The zero-order valence-corrected chi connectivity index (χ0v) is 13.8. The fourth-order valence-electron chi connectivity index (χ4n) is 3.32. The van der Waals surface area contributed by atoms with Crippen molar-refractivity contribution in [3.05, 3.63) is 29.8 Å². The van der Waals surface area contributed by atoms with Gasteiger partial charge in [-0.15, -0.1) is 0 Å². The molecular formula is C18H27N3O2. The second-order valence-electron chi connectivity index (χ2n) is 6.27. The number of carbonyl (C=O) groups is 1. The number of morpholine rings is 1. The van der Waals surface area contributed by atoms with Crippen molar-refractivity contribution < 1.29 is 9.53 Å². The molecule has 1 N–H and O–H groups in total. The van der Waals surface area contributed by atoms with E-state index >= 15 is 0 Å². The van der Waals surface area contributed by atoms with Crippen molar-refractivity contribution in [1.82, 2.24) is 10.2 Å². The summed E-state index contributed by atoms with van der Waals surface area (Å²) in [6, 6.07) is 7.96. The van der Waals surface area contributed by atoms with Crippen LogP contribution in [0.25, 0.3) is 0 Å². The number of benzene rings is 1. The molecule has 2 aliphatic heterocycles. The summed E-state index contributed by atoms with van der Waals surface area (Å²) in [5.74, 6) is 0.0504. The van der Waals surface area contributed by atoms with E-state index in [0.717, 1.165) is 70.2 Å². The van der Waals surface area contributed by atoms with E-state index in [0.29, 0.717) is 0 Å². The van der Waals surface area contributed by atoms with E-state index in [1.165, 1.54) is 12.8 Å². The molecule has 0 spiro atoms. The second-order valence-corrected chi connectivity index (χ2v) is 6.27. The molecule has 0 saturated carbocycles. The molecule has 0 aromatic heterocycles. The molecule has 0 radical (unpaired) electrons. The SMILES string of the molecule is O=C(NCCCN1CCOCC1)c1ccccc1N1CCCC1. The fraction of sp³-hybridized carbons (Fsp3) is 0.611. The molecule has 2 heterocycles. The largest absolute Gasteiger partial charge is 0.379 e. The van der Waals surface area contributed by atoms with Crippen LogP contribution in [-0.4, -0.2) is 63.3 Å². The number of nitrogens with zero attached hydrogens (tertiary/aromatic N) is 2. The normalized spacial score (nSPS) is 19.0. The van der Waals surface area contributed by atoms with Gasteiger partial charge in [0.1, 0.15) is 0 Å². The lowest BCUT2D eigenvalue weighted by molar-refractivity contribution is 0.0374. The van der Waals surface area contributed by atoms with Gasteiger partial charge in [-0.1, -0.05) is 12.1 Å². The average molecular weight is 317 g/mol. The van der Waals surface area contributed by atoms with Gasteiger partial charge in [0.25, 0.3) is 5.91 Å². The predicted octanol–water partition coefficient (Wildman–Crippen LogP) is 1.74. The third kappa shape index (κ3) is 4.45. The van der Waals surface area contributed by atoms with Gasteiger partial charge in [0.2, 0.25) is 0 Å². The van der Waals surface area contributed by atoms with Crippen molar-refractivity contribution in [3.63, 3.8) is 0 Å². The van der Waals surface area contributed by atoms with Crippen LogP contribution in [0.4, 0.5) is 5.69 Å². The second kappa shape index (κ2) is 8.31. The lowest BCUT2D eigenvalue weighted by atomic mass is 10.1. The van der Waals surface area contributed by atoms with Crippen molar-refractivity contribution in [2.75, 3.05) is 57.4 Å². The molecule has 126 valence electrons. The Morgan fingerprint density at radius 1 is 1.09 bits per heavy atom. The van der Waals surface area contributed by atoms with E-state index in [-0.39, 0.29) is 5.91 Å². The summed E-state index contributed by atoms with van der Waals surface area (Å²) in [5, 5.41) is 3.08. The van der Waals surface area contributed by atoms with E-state index in [4.69, 9.17) is 4.74 Å². The number of rotatable bonds is 6. The first kappa shape index (κ1) is 16.3. The van der Waals surface area contributed by atoms with Gasteiger partial charge < -0.3 is 15.0 Å². The van der Waals surface area contributed by atoms with Crippen LogP contribution < -0.4 is 10.2 Å². The van der Waals surface area contributed by atoms with Gasteiger partial charge >= 0.3 is 0 Å². The van der Waals surface area contributed by atoms with Crippen molar-refractivity contribution in [3.8, 4) is 0 Å². The van der Waals surface area contributed by atoms with Gasteiger partial charge in [0.15, 0.2) is 0 Å². The van der Waals surface area contributed by atoms with Crippen LogP contribution in [0.1, 0.15) is 29.6 Å². The molecule has 3 rings (SSSR count). The first-order valence-corrected chi connectivity index (χ1v) is 8.77. The Bertz CT molecular complexity index is 509. The maximum atomic E-state index is 12.5. The highest BCUT2D eigenvalue weighted by atomic mass is 16.5. The summed E-state index contributed by atoms with van der Waals surface area (Å²) in [4.78, 5) is 17.2. The van der Waals surface area contributed by atoms with Gasteiger partial charge in [-0.3, -0.25) is 9.69 Å². The maximum Gasteiger partial charge on any atom is 0.253 e. The average Bonchev–Trinajstić information content (AvgIpc) is 3.14. The number of ether oxygens (including phenoxy) is 1. The minimum atomic E-state index is 0.0504. The third-order valence-electron chi connectivity index (χ3n) is 4.64. The Kier molecular flexibility index (Phi) is 5.88. The highest BCUT2D eigenvalue weighted by Crippen LogP contribution is 2.24. The zero-order chi connectivity index (χ0) is 15.9. The number of hydrogen-bond acceptors (Lipinski definition) is 4. The van der Waals surface area contributed by atoms with Crippen LogP contribution in [0.3, 0.4) is 0 Å². The Hall–Kier alpha value is -1.59. The molecule has 23 heavy (non-hydrogen) atoms. The highest BCUT2D eigenvalue weighted by Gasteiger charge is 2.18. The van der Waals surface area contributed by atoms with Gasteiger partial charge in [-0.25, -0.2) is 0 Å². The number of anilines is 1. The minimum Gasteiger partial charge on any atom is -0.379 e. The van der Waals surface area contributed by atoms with Gasteiger partial charge in [-0.2, -0.15) is 0 Å². The fourth-order valence-corrected chi connectivity index (χ4v) is 3.32. The van der Waals surface area contributed by atoms with Crippen molar-refractivity contribution in [1.29, 1.82) is 0 Å². The standard InChI is InChI=1S/C18H27N3O2/c22-18(19-8-5-9-20-12-14-23-15-13-20)16-6-1-2-7-17(16)21-10-3-4-11-21/h1-2,6-7H,3-5,8-15H2,(H,19,22). The van der Waals surface area contributed by atoms with Crippen molar-refractivity contribution in [2.24, 2.45) is 0 Å².